The Hall–Kier alpha value is -1.13. The summed E-state index contributed by atoms with van der Waals surface area (Å²) in [5, 5.41) is 4.54. The number of aromatic amines is 1. The fraction of sp³-hybridized carbons (Fsp3) is 0.462. The van der Waals surface area contributed by atoms with Gasteiger partial charge >= 0.3 is 0 Å². The Bertz CT molecular complexity index is 481. The number of aromatic nitrogens is 2. The van der Waals surface area contributed by atoms with E-state index < -0.39 is 0 Å². The molecule has 3 nitrogen and oxygen atoms in total. The van der Waals surface area contributed by atoms with Gasteiger partial charge in [-0.2, -0.15) is 0 Å². The fourth-order valence-electron chi connectivity index (χ4n) is 2.45. The van der Waals surface area contributed by atoms with Crippen molar-refractivity contribution in [3.8, 4) is 10.7 Å². The van der Waals surface area contributed by atoms with Crippen LogP contribution >= 0.6 is 11.3 Å². The molecule has 1 fully saturated rings. The summed E-state index contributed by atoms with van der Waals surface area (Å²) in [5.41, 5.74) is 2.35. The molecular weight excluding hydrogens is 230 g/mol. The highest BCUT2D eigenvalue weighted by Gasteiger charge is 2.21. The summed E-state index contributed by atoms with van der Waals surface area (Å²) >= 11 is 1.85. The first-order valence-electron chi connectivity index (χ1n) is 6.16. The molecule has 0 aromatic carbocycles. The van der Waals surface area contributed by atoms with Gasteiger partial charge in [0.1, 0.15) is 5.01 Å². The van der Waals surface area contributed by atoms with Crippen LogP contribution in [0.15, 0.2) is 18.3 Å². The van der Waals surface area contributed by atoms with Gasteiger partial charge in [0.25, 0.3) is 0 Å². The van der Waals surface area contributed by atoms with Crippen LogP contribution in [-0.4, -0.2) is 23.1 Å². The first-order chi connectivity index (χ1) is 8.34. The number of thiazole rings is 1. The first kappa shape index (κ1) is 11.0. The number of aryl methyl sites for hydroxylation is 1. The largest absolute Gasteiger partial charge is 0.359 e. The van der Waals surface area contributed by atoms with Gasteiger partial charge in [-0.25, -0.2) is 4.98 Å². The first-order valence-corrected chi connectivity index (χ1v) is 6.98. The molecule has 0 aliphatic carbocycles. The van der Waals surface area contributed by atoms with Crippen molar-refractivity contribution in [1.29, 1.82) is 0 Å². The van der Waals surface area contributed by atoms with Gasteiger partial charge in [0.2, 0.25) is 0 Å². The Kier molecular flexibility index (Phi) is 2.99. The molecule has 90 valence electrons. The predicted octanol–water partition coefficient (Wildman–Crippen LogP) is 2.91. The summed E-state index contributed by atoms with van der Waals surface area (Å²) in [5.74, 6) is 0.706. The molecule has 17 heavy (non-hydrogen) atoms. The molecule has 0 atom stereocenters. The lowest BCUT2D eigenvalue weighted by Crippen LogP contribution is -2.26. The van der Waals surface area contributed by atoms with E-state index in [-0.39, 0.29) is 0 Å². The Morgan fingerprint density at radius 3 is 2.88 bits per heavy atom. The van der Waals surface area contributed by atoms with Crippen molar-refractivity contribution < 1.29 is 0 Å². The van der Waals surface area contributed by atoms with E-state index in [0.29, 0.717) is 5.92 Å². The zero-order chi connectivity index (χ0) is 11.7. The Labute approximate surface area is 105 Å². The van der Waals surface area contributed by atoms with E-state index in [2.05, 4.69) is 23.3 Å². The van der Waals surface area contributed by atoms with Crippen molar-refractivity contribution in [3.63, 3.8) is 0 Å². The minimum Gasteiger partial charge on any atom is -0.359 e. The number of nitrogens with zero attached hydrogens (tertiary/aromatic N) is 1. The average molecular weight is 247 g/mol. The van der Waals surface area contributed by atoms with Crippen LogP contribution in [-0.2, 0) is 0 Å². The third-order valence-corrected chi connectivity index (χ3v) is 4.72. The van der Waals surface area contributed by atoms with E-state index in [1.807, 2.05) is 23.6 Å². The topological polar surface area (TPSA) is 40.7 Å². The predicted molar refractivity (Wildman–Crippen MR) is 71.5 cm³/mol. The second-order valence-electron chi connectivity index (χ2n) is 4.58. The lowest BCUT2D eigenvalue weighted by atomic mass is 9.96. The second-order valence-corrected chi connectivity index (χ2v) is 5.61. The minimum atomic E-state index is 0.706. The number of nitrogens with one attached hydrogen (secondary N) is 2. The monoisotopic (exact) mass is 247 g/mol. The van der Waals surface area contributed by atoms with Crippen LogP contribution in [0.1, 0.15) is 29.3 Å². The lowest BCUT2D eigenvalue weighted by Gasteiger charge is -2.21. The highest BCUT2D eigenvalue weighted by atomic mass is 32.1. The van der Waals surface area contributed by atoms with Crippen LogP contribution in [0.5, 0.6) is 0 Å². The van der Waals surface area contributed by atoms with Crippen molar-refractivity contribution in [2.75, 3.05) is 13.1 Å². The van der Waals surface area contributed by atoms with Crippen LogP contribution in [0, 0.1) is 6.92 Å². The summed E-state index contributed by atoms with van der Waals surface area (Å²) in [6.07, 6.45) is 4.44. The molecule has 3 heterocycles. The van der Waals surface area contributed by atoms with Crippen molar-refractivity contribution in [2.45, 2.75) is 25.7 Å². The van der Waals surface area contributed by atoms with Gasteiger partial charge in [0, 0.05) is 11.1 Å². The van der Waals surface area contributed by atoms with Gasteiger partial charge in [0.05, 0.1) is 11.4 Å². The number of hydrogen-bond acceptors (Lipinski definition) is 3. The standard InChI is InChI=1S/C13H17N3S/c1-9-12(10-4-7-14-8-5-10)17-13(16-9)11-3-2-6-15-11/h2-3,6,10,14-15H,4-5,7-8H2,1H3. The smallest absolute Gasteiger partial charge is 0.140 e. The molecule has 2 aromatic heterocycles. The molecule has 0 bridgehead atoms. The normalized spacial score (nSPS) is 17.5. The quantitative estimate of drug-likeness (QED) is 0.856. The Morgan fingerprint density at radius 2 is 2.18 bits per heavy atom. The van der Waals surface area contributed by atoms with Crippen LogP contribution in [0.4, 0.5) is 0 Å². The zero-order valence-corrected chi connectivity index (χ0v) is 10.8. The Balaban J connectivity index is 1.90. The van der Waals surface area contributed by atoms with E-state index in [0.717, 1.165) is 23.8 Å². The molecule has 0 radical (unpaired) electrons. The van der Waals surface area contributed by atoms with Gasteiger partial charge in [-0.1, -0.05) is 0 Å². The number of hydrogen-bond donors (Lipinski definition) is 2. The zero-order valence-electron chi connectivity index (χ0n) is 9.99. The highest BCUT2D eigenvalue weighted by molar-refractivity contribution is 7.15. The summed E-state index contributed by atoms with van der Waals surface area (Å²) in [4.78, 5) is 9.41. The molecule has 4 heteroatoms. The molecule has 0 amide bonds. The number of rotatable bonds is 2. The van der Waals surface area contributed by atoms with Gasteiger partial charge in [-0.15, -0.1) is 11.3 Å². The van der Waals surface area contributed by atoms with Crippen molar-refractivity contribution in [2.24, 2.45) is 0 Å². The molecular formula is C13H17N3S. The van der Waals surface area contributed by atoms with Gasteiger partial charge in [0.15, 0.2) is 0 Å². The molecule has 1 saturated heterocycles. The summed E-state index contributed by atoms with van der Waals surface area (Å²) < 4.78 is 0. The van der Waals surface area contributed by atoms with E-state index in [1.165, 1.54) is 23.4 Å². The molecule has 1 aliphatic rings. The van der Waals surface area contributed by atoms with E-state index in [9.17, 15) is 0 Å². The fourth-order valence-corrected chi connectivity index (χ4v) is 3.67. The van der Waals surface area contributed by atoms with Crippen LogP contribution in [0.25, 0.3) is 10.7 Å². The van der Waals surface area contributed by atoms with Gasteiger partial charge < -0.3 is 10.3 Å². The van der Waals surface area contributed by atoms with E-state index in [4.69, 9.17) is 4.98 Å². The van der Waals surface area contributed by atoms with Crippen LogP contribution in [0.3, 0.4) is 0 Å². The van der Waals surface area contributed by atoms with Crippen LogP contribution < -0.4 is 5.32 Å². The maximum atomic E-state index is 4.70. The third-order valence-electron chi connectivity index (χ3n) is 3.37. The lowest BCUT2D eigenvalue weighted by molar-refractivity contribution is 0.463. The van der Waals surface area contributed by atoms with E-state index in [1.54, 1.807) is 0 Å². The maximum Gasteiger partial charge on any atom is 0.140 e. The summed E-state index contributed by atoms with van der Waals surface area (Å²) in [6.45, 7) is 4.42. The molecule has 0 spiro atoms. The molecule has 0 unspecified atom stereocenters. The van der Waals surface area contributed by atoms with Gasteiger partial charge in [-0.3, -0.25) is 0 Å². The van der Waals surface area contributed by atoms with Crippen molar-refractivity contribution in [1.82, 2.24) is 15.3 Å². The van der Waals surface area contributed by atoms with Gasteiger partial charge in [-0.05, 0) is 50.9 Å². The Morgan fingerprint density at radius 1 is 1.35 bits per heavy atom. The molecule has 2 N–H and O–H groups in total. The molecule has 0 saturated carbocycles. The number of H-pyrrole nitrogens is 1. The SMILES string of the molecule is Cc1nc(-c2ccc[nH]2)sc1C1CCNCC1. The second kappa shape index (κ2) is 4.63. The molecule has 1 aliphatic heterocycles. The molecule has 3 rings (SSSR count). The average Bonchev–Trinajstić information content (AvgIpc) is 2.99. The van der Waals surface area contributed by atoms with Crippen LogP contribution in [0.2, 0.25) is 0 Å². The number of piperidine rings is 1. The summed E-state index contributed by atoms with van der Waals surface area (Å²) in [6, 6.07) is 4.11. The van der Waals surface area contributed by atoms with E-state index >= 15 is 0 Å². The highest BCUT2D eigenvalue weighted by Crippen LogP contribution is 2.35. The minimum absolute atomic E-state index is 0.706. The third kappa shape index (κ3) is 2.15. The molecule has 2 aromatic rings. The summed E-state index contributed by atoms with van der Waals surface area (Å²) in [7, 11) is 0. The van der Waals surface area contributed by atoms with Crippen molar-refractivity contribution >= 4 is 11.3 Å². The van der Waals surface area contributed by atoms with Crippen molar-refractivity contribution in [3.05, 3.63) is 28.9 Å². The maximum absolute atomic E-state index is 4.70.